The number of aliphatic hydroxyl groups is 2. The summed E-state index contributed by atoms with van der Waals surface area (Å²) >= 11 is 0. The van der Waals surface area contributed by atoms with Crippen molar-refractivity contribution in [1.29, 1.82) is 0 Å². The molecule has 3 rings (SSSR count). The monoisotopic (exact) mass is 379 g/mol. The standard InChI is InChI=1S/C20H33N3O4/c1-5-19(6-2,13-24)18(26)22-9-7-20(8-10-22)11-15(25)17-16(27-20)12-23(21-17)14(3)4/h12,14-15,24-25H,5-11,13H2,1-4H3. The molecule has 1 saturated heterocycles. The maximum Gasteiger partial charge on any atom is 0.231 e. The van der Waals surface area contributed by atoms with E-state index in [9.17, 15) is 15.0 Å². The molecule has 3 heterocycles. The van der Waals surface area contributed by atoms with Gasteiger partial charge < -0.3 is 19.8 Å². The van der Waals surface area contributed by atoms with Crippen molar-refractivity contribution in [1.82, 2.24) is 14.7 Å². The average molecular weight is 380 g/mol. The molecule has 0 bridgehead atoms. The van der Waals surface area contributed by atoms with Crippen LogP contribution in [0.5, 0.6) is 5.75 Å². The highest BCUT2D eigenvalue weighted by atomic mass is 16.5. The van der Waals surface area contributed by atoms with Crippen LogP contribution in [0.25, 0.3) is 0 Å². The number of likely N-dealkylation sites (tertiary alicyclic amines) is 1. The van der Waals surface area contributed by atoms with Crippen LogP contribution in [0.2, 0.25) is 0 Å². The fourth-order valence-corrected chi connectivity index (χ4v) is 4.29. The Morgan fingerprint density at radius 1 is 1.37 bits per heavy atom. The molecular formula is C20H33N3O4. The van der Waals surface area contributed by atoms with E-state index in [4.69, 9.17) is 4.74 Å². The molecule has 27 heavy (non-hydrogen) atoms. The molecule has 2 aliphatic rings. The maximum absolute atomic E-state index is 13.0. The molecular weight excluding hydrogens is 346 g/mol. The van der Waals surface area contributed by atoms with Gasteiger partial charge in [-0.3, -0.25) is 9.48 Å². The minimum absolute atomic E-state index is 0.0366. The Morgan fingerprint density at radius 2 is 2.00 bits per heavy atom. The largest absolute Gasteiger partial charge is 0.483 e. The number of fused-ring (bicyclic) bond motifs is 1. The zero-order valence-corrected chi connectivity index (χ0v) is 16.9. The van der Waals surface area contributed by atoms with Crippen molar-refractivity contribution in [3.05, 3.63) is 11.9 Å². The van der Waals surface area contributed by atoms with Gasteiger partial charge in [0, 0.05) is 38.4 Å². The number of nitrogens with zero attached hydrogens (tertiary/aromatic N) is 3. The Morgan fingerprint density at radius 3 is 2.52 bits per heavy atom. The van der Waals surface area contributed by atoms with Crippen molar-refractivity contribution in [2.24, 2.45) is 5.41 Å². The van der Waals surface area contributed by atoms with E-state index in [-0.39, 0.29) is 18.6 Å². The van der Waals surface area contributed by atoms with Crippen molar-refractivity contribution in [2.45, 2.75) is 77.5 Å². The molecule has 1 aromatic rings. The lowest BCUT2D eigenvalue weighted by molar-refractivity contribution is -0.150. The van der Waals surface area contributed by atoms with Crippen LogP contribution < -0.4 is 4.74 Å². The molecule has 1 fully saturated rings. The molecule has 7 heteroatoms. The number of carbonyl (C=O) groups is 1. The second kappa shape index (κ2) is 7.43. The molecule has 7 nitrogen and oxygen atoms in total. The van der Waals surface area contributed by atoms with Crippen LogP contribution in [-0.4, -0.2) is 56.1 Å². The van der Waals surface area contributed by atoms with E-state index in [1.54, 1.807) is 0 Å². The Balaban J connectivity index is 1.72. The van der Waals surface area contributed by atoms with Crippen LogP contribution in [0.15, 0.2) is 6.20 Å². The van der Waals surface area contributed by atoms with E-state index in [1.807, 2.05) is 43.5 Å². The first-order chi connectivity index (χ1) is 12.8. The van der Waals surface area contributed by atoms with E-state index in [0.29, 0.717) is 56.6 Å². The van der Waals surface area contributed by atoms with Crippen molar-refractivity contribution in [3.8, 4) is 5.75 Å². The zero-order valence-electron chi connectivity index (χ0n) is 16.9. The van der Waals surface area contributed by atoms with Gasteiger partial charge in [-0.05, 0) is 26.7 Å². The third-order valence-electron chi connectivity index (χ3n) is 6.53. The van der Waals surface area contributed by atoms with Crippen molar-refractivity contribution in [3.63, 3.8) is 0 Å². The van der Waals surface area contributed by atoms with E-state index in [0.717, 1.165) is 0 Å². The highest BCUT2D eigenvalue weighted by Crippen LogP contribution is 2.44. The van der Waals surface area contributed by atoms with Gasteiger partial charge in [-0.2, -0.15) is 5.10 Å². The summed E-state index contributed by atoms with van der Waals surface area (Å²) in [6, 6.07) is 0.205. The van der Waals surface area contributed by atoms with Gasteiger partial charge in [0.1, 0.15) is 17.4 Å². The van der Waals surface area contributed by atoms with Crippen molar-refractivity contribution >= 4 is 5.91 Å². The van der Waals surface area contributed by atoms with Gasteiger partial charge >= 0.3 is 0 Å². The molecule has 1 atom stereocenters. The van der Waals surface area contributed by atoms with E-state index in [2.05, 4.69) is 5.10 Å². The van der Waals surface area contributed by atoms with Gasteiger partial charge in [0.25, 0.3) is 0 Å². The molecule has 152 valence electrons. The van der Waals surface area contributed by atoms with Gasteiger partial charge in [-0.1, -0.05) is 13.8 Å². The highest BCUT2D eigenvalue weighted by molar-refractivity contribution is 5.83. The predicted molar refractivity (Wildman–Crippen MR) is 101 cm³/mol. The Kier molecular flexibility index (Phi) is 5.54. The summed E-state index contributed by atoms with van der Waals surface area (Å²) in [4.78, 5) is 14.8. The summed E-state index contributed by atoms with van der Waals surface area (Å²) in [7, 11) is 0. The summed E-state index contributed by atoms with van der Waals surface area (Å²) in [5.74, 6) is 0.698. The summed E-state index contributed by atoms with van der Waals surface area (Å²) in [5.41, 5.74) is -0.513. The van der Waals surface area contributed by atoms with Crippen LogP contribution in [-0.2, 0) is 4.79 Å². The van der Waals surface area contributed by atoms with Gasteiger partial charge in [0.2, 0.25) is 5.91 Å². The van der Waals surface area contributed by atoms with E-state index < -0.39 is 17.1 Å². The molecule has 1 aromatic heterocycles. The number of aromatic nitrogens is 2. The first-order valence-electron chi connectivity index (χ1n) is 10.2. The molecule has 0 radical (unpaired) electrons. The van der Waals surface area contributed by atoms with Gasteiger partial charge in [0.05, 0.1) is 18.2 Å². The molecule has 1 amide bonds. The number of amides is 1. The van der Waals surface area contributed by atoms with Crippen LogP contribution in [0, 0.1) is 5.41 Å². The molecule has 0 aliphatic carbocycles. The number of hydrogen-bond acceptors (Lipinski definition) is 5. The van der Waals surface area contributed by atoms with Crippen molar-refractivity contribution in [2.75, 3.05) is 19.7 Å². The Bertz CT molecular complexity index is 665. The first kappa shape index (κ1) is 20.1. The Labute approximate surface area is 161 Å². The van der Waals surface area contributed by atoms with E-state index in [1.165, 1.54) is 0 Å². The zero-order chi connectivity index (χ0) is 19.8. The van der Waals surface area contributed by atoms with Gasteiger partial charge in [-0.25, -0.2) is 0 Å². The van der Waals surface area contributed by atoms with Crippen molar-refractivity contribution < 1.29 is 19.7 Å². The first-order valence-corrected chi connectivity index (χ1v) is 10.2. The number of hydrogen-bond donors (Lipinski definition) is 2. The average Bonchev–Trinajstić information content (AvgIpc) is 3.09. The summed E-state index contributed by atoms with van der Waals surface area (Å²) in [6.45, 7) is 9.05. The number of ether oxygens (including phenoxy) is 1. The molecule has 1 unspecified atom stereocenters. The van der Waals surface area contributed by atoms with Crippen LogP contribution in [0.3, 0.4) is 0 Å². The second-order valence-electron chi connectivity index (χ2n) is 8.40. The van der Waals surface area contributed by atoms with E-state index >= 15 is 0 Å². The minimum Gasteiger partial charge on any atom is -0.483 e. The van der Waals surface area contributed by atoms with Gasteiger partial charge in [-0.15, -0.1) is 0 Å². The minimum atomic E-state index is -0.678. The fraction of sp³-hybridized carbons (Fsp3) is 0.800. The summed E-state index contributed by atoms with van der Waals surface area (Å²) < 4.78 is 8.15. The molecule has 2 aliphatic heterocycles. The number of rotatable bonds is 5. The fourth-order valence-electron chi connectivity index (χ4n) is 4.29. The smallest absolute Gasteiger partial charge is 0.231 e. The number of piperidine rings is 1. The van der Waals surface area contributed by atoms with Crippen LogP contribution in [0.4, 0.5) is 0 Å². The summed E-state index contributed by atoms with van der Waals surface area (Å²) in [5, 5.41) is 24.9. The number of carbonyl (C=O) groups excluding carboxylic acids is 1. The molecule has 0 aromatic carbocycles. The normalized spacial score (nSPS) is 22.0. The molecule has 2 N–H and O–H groups in total. The highest BCUT2D eigenvalue weighted by Gasteiger charge is 2.47. The number of aliphatic hydroxyl groups excluding tert-OH is 2. The van der Waals surface area contributed by atoms with Gasteiger partial charge in [0.15, 0.2) is 5.75 Å². The third-order valence-corrected chi connectivity index (χ3v) is 6.53. The third kappa shape index (κ3) is 3.47. The quantitative estimate of drug-likeness (QED) is 0.820. The lowest BCUT2D eigenvalue weighted by Gasteiger charge is -2.46. The summed E-state index contributed by atoms with van der Waals surface area (Å²) in [6.07, 6.45) is 4.35. The van der Waals surface area contributed by atoms with Crippen LogP contribution >= 0.6 is 0 Å². The molecule has 0 saturated carbocycles. The second-order valence-corrected chi connectivity index (χ2v) is 8.40. The SMILES string of the molecule is CCC(CC)(CO)C(=O)N1CCC2(CC1)CC(O)c1nn(C(C)C)cc1O2. The maximum atomic E-state index is 13.0. The Hall–Kier alpha value is -1.60. The lowest BCUT2D eigenvalue weighted by Crippen LogP contribution is -2.55. The lowest BCUT2D eigenvalue weighted by atomic mass is 9.79. The topological polar surface area (TPSA) is 87.8 Å². The molecule has 1 spiro atoms. The predicted octanol–water partition coefficient (Wildman–Crippen LogP) is 2.44. The van der Waals surface area contributed by atoms with Crippen LogP contribution in [0.1, 0.15) is 77.6 Å².